The molecule has 4 heteroatoms. The molecule has 14 heavy (non-hydrogen) atoms. The topological polar surface area (TPSA) is 44.4 Å². The van der Waals surface area contributed by atoms with E-state index in [-0.39, 0.29) is 5.92 Å². The van der Waals surface area contributed by atoms with Crippen molar-refractivity contribution >= 4 is 5.91 Å². The van der Waals surface area contributed by atoms with Gasteiger partial charge >= 0.3 is 0 Å². The van der Waals surface area contributed by atoms with Gasteiger partial charge in [0.1, 0.15) is 0 Å². The third kappa shape index (κ3) is 1.64. The van der Waals surface area contributed by atoms with Gasteiger partial charge < -0.3 is 10.2 Å². The molecule has 2 aliphatic rings. The monoisotopic (exact) mass is 197 g/mol. The first-order valence-corrected chi connectivity index (χ1v) is 5.44. The zero-order valence-corrected chi connectivity index (χ0v) is 8.92. The van der Waals surface area contributed by atoms with Crippen LogP contribution in [-0.2, 0) is 4.79 Å². The van der Waals surface area contributed by atoms with Crippen molar-refractivity contribution in [1.29, 1.82) is 0 Å². The average Bonchev–Trinajstić information content (AvgIpc) is 2.18. The van der Waals surface area contributed by atoms with E-state index in [2.05, 4.69) is 24.5 Å². The lowest BCUT2D eigenvalue weighted by molar-refractivity contribution is -0.143. The summed E-state index contributed by atoms with van der Waals surface area (Å²) < 4.78 is 0. The van der Waals surface area contributed by atoms with Crippen LogP contribution in [0.5, 0.6) is 0 Å². The van der Waals surface area contributed by atoms with E-state index in [0.29, 0.717) is 24.7 Å². The van der Waals surface area contributed by atoms with Gasteiger partial charge in [-0.25, -0.2) is 0 Å². The van der Waals surface area contributed by atoms with Crippen molar-refractivity contribution in [3.63, 3.8) is 0 Å². The van der Waals surface area contributed by atoms with E-state index < -0.39 is 0 Å². The fraction of sp³-hybridized carbons (Fsp3) is 0.900. The number of nitrogens with one attached hydrogen (secondary N) is 2. The molecule has 0 aliphatic carbocycles. The number of hydrogen-bond acceptors (Lipinski definition) is 3. The molecule has 0 spiro atoms. The molecule has 0 aromatic rings. The van der Waals surface area contributed by atoms with Gasteiger partial charge in [-0.05, 0) is 26.8 Å². The smallest absolute Gasteiger partial charge is 0.228 e. The van der Waals surface area contributed by atoms with Crippen LogP contribution in [0.4, 0.5) is 0 Å². The van der Waals surface area contributed by atoms with Crippen molar-refractivity contribution in [3.8, 4) is 0 Å². The van der Waals surface area contributed by atoms with Crippen LogP contribution >= 0.6 is 0 Å². The van der Waals surface area contributed by atoms with Gasteiger partial charge in [-0.1, -0.05) is 0 Å². The lowest BCUT2D eigenvalue weighted by Gasteiger charge is -2.43. The molecule has 2 rings (SSSR count). The molecule has 2 aliphatic heterocycles. The quantitative estimate of drug-likeness (QED) is 0.610. The van der Waals surface area contributed by atoms with Crippen LogP contribution < -0.4 is 10.6 Å². The van der Waals surface area contributed by atoms with Crippen LogP contribution in [0.15, 0.2) is 0 Å². The van der Waals surface area contributed by atoms with Gasteiger partial charge in [0.15, 0.2) is 0 Å². The maximum absolute atomic E-state index is 12.1. The molecule has 2 saturated heterocycles. The van der Waals surface area contributed by atoms with E-state index in [9.17, 15) is 4.79 Å². The molecular formula is C10H19N3O. The molecule has 0 aromatic carbocycles. The van der Waals surface area contributed by atoms with E-state index in [0.717, 1.165) is 19.5 Å². The summed E-state index contributed by atoms with van der Waals surface area (Å²) in [4.78, 5) is 14.0. The minimum Gasteiger partial charge on any atom is -0.327 e. The summed E-state index contributed by atoms with van der Waals surface area (Å²) in [7, 11) is 0. The van der Waals surface area contributed by atoms with E-state index in [1.54, 1.807) is 0 Å². The minimum atomic E-state index is 0.201. The fourth-order valence-electron chi connectivity index (χ4n) is 2.31. The molecule has 2 N–H and O–H groups in total. The molecule has 2 fully saturated rings. The molecule has 80 valence electrons. The maximum atomic E-state index is 12.1. The molecule has 0 saturated carbocycles. The molecule has 0 radical (unpaired) electrons. The first kappa shape index (κ1) is 9.93. The summed E-state index contributed by atoms with van der Waals surface area (Å²) in [6.45, 7) is 6.75. The highest BCUT2D eigenvalue weighted by Crippen LogP contribution is 2.20. The van der Waals surface area contributed by atoms with Crippen LogP contribution in [-0.4, -0.2) is 42.6 Å². The third-order valence-electron chi connectivity index (χ3n) is 3.23. The first-order chi connectivity index (χ1) is 6.70. The molecule has 1 amide bonds. The Bertz CT molecular complexity index is 229. The van der Waals surface area contributed by atoms with Crippen molar-refractivity contribution in [1.82, 2.24) is 15.5 Å². The highest BCUT2D eigenvalue weighted by molar-refractivity contribution is 5.80. The Morgan fingerprint density at radius 1 is 1.50 bits per heavy atom. The molecule has 2 unspecified atom stereocenters. The van der Waals surface area contributed by atoms with Crippen molar-refractivity contribution in [2.75, 3.05) is 19.8 Å². The van der Waals surface area contributed by atoms with Gasteiger partial charge in [0.25, 0.3) is 0 Å². The highest BCUT2D eigenvalue weighted by atomic mass is 16.2. The summed E-state index contributed by atoms with van der Waals surface area (Å²) >= 11 is 0. The number of rotatable bonds is 1. The van der Waals surface area contributed by atoms with Crippen LogP contribution in [0, 0.1) is 5.92 Å². The summed E-state index contributed by atoms with van der Waals surface area (Å²) in [5, 5.41) is 6.74. The van der Waals surface area contributed by atoms with Gasteiger partial charge in [0.05, 0.1) is 12.6 Å². The van der Waals surface area contributed by atoms with Crippen molar-refractivity contribution in [2.24, 2.45) is 5.92 Å². The van der Waals surface area contributed by atoms with Crippen molar-refractivity contribution in [3.05, 3.63) is 0 Å². The van der Waals surface area contributed by atoms with Crippen LogP contribution in [0.3, 0.4) is 0 Å². The zero-order chi connectivity index (χ0) is 10.1. The molecule has 4 nitrogen and oxygen atoms in total. The first-order valence-electron chi connectivity index (χ1n) is 5.44. The van der Waals surface area contributed by atoms with Gasteiger partial charge in [-0.2, -0.15) is 0 Å². The Labute approximate surface area is 85.0 Å². The third-order valence-corrected chi connectivity index (χ3v) is 3.23. The van der Waals surface area contributed by atoms with Crippen LogP contribution in [0.1, 0.15) is 20.3 Å². The normalized spacial score (nSPS) is 33.4. The second-order valence-electron chi connectivity index (χ2n) is 4.47. The number of carbonyl (C=O) groups excluding carboxylic acids is 1. The molecule has 2 heterocycles. The molecular weight excluding hydrogens is 178 g/mol. The number of amides is 1. The summed E-state index contributed by atoms with van der Waals surface area (Å²) in [6.07, 6.45) is 0.972. The Balaban J connectivity index is 2.07. The molecule has 0 aromatic heterocycles. The summed E-state index contributed by atoms with van der Waals surface area (Å²) in [5.41, 5.74) is 0. The second-order valence-corrected chi connectivity index (χ2v) is 4.47. The average molecular weight is 197 g/mol. The maximum Gasteiger partial charge on any atom is 0.228 e. The fourth-order valence-corrected chi connectivity index (χ4v) is 2.31. The predicted octanol–water partition coefficient (Wildman–Crippen LogP) is -0.238. The predicted molar refractivity (Wildman–Crippen MR) is 54.7 cm³/mol. The summed E-state index contributed by atoms with van der Waals surface area (Å²) in [6, 6.07) is 0.664. The molecule has 0 bridgehead atoms. The minimum absolute atomic E-state index is 0.201. The lowest BCUT2D eigenvalue weighted by Crippen LogP contribution is -2.63. The van der Waals surface area contributed by atoms with Gasteiger partial charge in [0, 0.05) is 18.6 Å². The Hall–Kier alpha value is -0.610. The van der Waals surface area contributed by atoms with Crippen molar-refractivity contribution < 1.29 is 4.79 Å². The number of piperidine rings is 1. The Morgan fingerprint density at radius 2 is 2.29 bits per heavy atom. The lowest BCUT2D eigenvalue weighted by atomic mass is 9.89. The number of hydrogen-bond donors (Lipinski definition) is 2. The Kier molecular flexibility index (Phi) is 2.74. The van der Waals surface area contributed by atoms with Crippen LogP contribution in [0.25, 0.3) is 0 Å². The second kappa shape index (κ2) is 3.87. The van der Waals surface area contributed by atoms with E-state index in [1.165, 1.54) is 0 Å². The number of carbonyl (C=O) groups is 1. The molecule has 2 atom stereocenters. The van der Waals surface area contributed by atoms with E-state index >= 15 is 0 Å². The summed E-state index contributed by atoms with van der Waals surface area (Å²) in [5.74, 6) is 0.539. The largest absolute Gasteiger partial charge is 0.327 e. The Morgan fingerprint density at radius 3 is 3.00 bits per heavy atom. The zero-order valence-electron chi connectivity index (χ0n) is 8.92. The van der Waals surface area contributed by atoms with E-state index in [4.69, 9.17) is 0 Å². The van der Waals surface area contributed by atoms with Gasteiger partial charge in [-0.3, -0.25) is 10.1 Å². The SMILES string of the molecule is CC(C)N1CNC2CNCCC2C1=O. The van der Waals surface area contributed by atoms with Gasteiger partial charge in [0.2, 0.25) is 5.91 Å². The number of fused-ring (bicyclic) bond motifs is 1. The van der Waals surface area contributed by atoms with Gasteiger partial charge in [-0.15, -0.1) is 0 Å². The van der Waals surface area contributed by atoms with Crippen molar-refractivity contribution in [2.45, 2.75) is 32.4 Å². The number of nitrogens with zero attached hydrogens (tertiary/aromatic N) is 1. The van der Waals surface area contributed by atoms with Crippen LogP contribution in [0.2, 0.25) is 0 Å². The van der Waals surface area contributed by atoms with E-state index in [1.807, 2.05) is 4.90 Å². The highest BCUT2D eigenvalue weighted by Gasteiger charge is 2.38. The standard InChI is InChI=1S/C10H19N3O/c1-7(2)13-6-12-9-5-11-4-3-8(9)10(13)14/h7-9,11-12H,3-6H2,1-2H3.